The van der Waals surface area contributed by atoms with Crippen LogP contribution in [0.15, 0.2) is 53.4 Å². The number of benzene rings is 2. The second-order valence-electron chi connectivity index (χ2n) is 7.46. The smallest absolute Gasteiger partial charge is 0.243 e. The predicted molar refractivity (Wildman–Crippen MR) is 98.0 cm³/mol. The number of sulfonamides is 1. The van der Waals surface area contributed by atoms with Crippen molar-refractivity contribution in [2.45, 2.75) is 38.6 Å². The van der Waals surface area contributed by atoms with E-state index in [2.05, 4.69) is 0 Å². The Labute approximate surface area is 149 Å². The van der Waals surface area contributed by atoms with Gasteiger partial charge in [-0.1, -0.05) is 57.2 Å². The maximum atomic E-state index is 13.0. The number of carbonyl (C=O) groups excluding carboxylic acids is 1. The second kappa shape index (κ2) is 6.39. The largest absolute Gasteiger partial charge is 0.294 e. The van der Waals surface area contributed by atoms with Gasteiger partial charge in [0.15, 0.2) is 5.78 Å². The first-order chi connectivity index (χ1) is 11.7. The first kappa shape index (κ1) is 17.8. The van der Waals surface area contributed by atoms with E-state index in [0.717, 1.165) is 5.56 Å². The molecule has 3 rings (SSSR count). The standard InChI is InChI=1S/C20H23NO3S/c1-20(2,3)19(22)16-9-6-10-18(13-16)25(23,24)21-12-11-15-7-4-5-8-17(15)14-21/h4-10,13H,11-12,14H2,1-3H3. The molecule has 0 unspecified atom stereocenters. The lowest BCUT2D eigenvalue weighted by atomic mass is 9.87. The Bertz CT molecular complexity index is 911. The van der Waals surface area contributed by atoms with Gasteiger partial charge in [-0.25, -0.2) is 8.42 Å². The van der Waals surface area contributed by atoms with Gasteiger partial charge >= 0.3 is 0 Å². The van der Waals surface area contributed by atoms with E-state index < -0.39 is 15.4 Å². The topological polar surface area (TPSA) is 54.5 Å². The van der Waals surface area contributed by atoms with Gasteiger partial charge in [0.2, 0.25) is 10.0 Å². The molecule has 0 saturated heterocycles. The maximum absolute atomic E-state index is 13.0. The van der Waals surface area contributed by atoms with E-state index in [1.54, 1.807) is 18.2 Å². The fraction of sp³-hybridized carbons (Fsp3) is 0.350. The predicted octanol–water partition coefficient (Wildman–Crippen LogP) is 3.66. The Hall–Kier alpha value is -1.98. The Morgan fingerprint density at radius 2 is 1.68 bits per heavy atom. The third-order valence-electron chi connectivity index (χ3n) is 4.51. The van der Waals surface area contributed by atoms with E-state index in [-0.39, 0.29) is 10.7 Å². The van der Waals surface area contributed by atoms with Crippen LogP contribution in [0, 0.1) is 5.41 Å². The molecule has 0 N–H and O–H groups in total. The molecule has 1 heterocycles. The summed E-state index contributed by atoms with van der Waals surface area (Å²) in [6, 6.07) is 14.3. The van der Waals surface area contributed by atoms with Crippen molar-refractivity contribution in [2.75, 3.05) is 6.54 Å². The number of ketones is 1. The highest BCUT2D eigenvalue weighted by molar-refractivity contribution is 7.89. The Balaban J connectivity index is 1.93. The normalized spacial score (nSPS) is 15.6. The van der Waals surface area contributed by atoms with Crippen molar-refractivity contribution in [3.63, 3.8) is 0 Å². The summed E-state index contributed by atoms with van der Waals surface area (Å²) in [4.78, 5) is 12.7. The molecule has 132 valence electrons. The minimum atomic E-state index is -3.63. The molecule has 0 amide bonds. The molecule has 0 fully saturated rings. The fourth-order valence-corrected chi connectivity index (χ4v) is 4.52. The van der Waals surface area contributed by atoms with Crippen LogP contribution in [0.1, 0.15) is 42.3 Å². The quantitative estimate of drug-likeness (QED) is 0.788. The lowest BCUT2D eigenvalue weighted by Crippen LogP contribution is -2.36. The van der Waals surface area contributed by atoms with E-state index in [9.17, 15) is 13.2 Å². The van der Waals surface area contributed by atoms with Gasteiger partial charge in [0.05, 0.1) is 4.90 Å². The molecular formula is C20H23NO3S. The molecule has 0 saturated carbocycles. The summed E-state index contributed by atoms with van der Waals surface area (Å²) >= 11 is 0. The third-order valence-corrected chi connectivity index (χ3v) is 6.35. The molecule has 0 aliphatic carbocycles. The van der Waals surface area contributed by atoms with Crippen molar-refractivity contribution in [2.24, 2.45) is 5.41 Å². The highest BCUT2D eigenvalue weighted by Gasteiger charge is 2.30. The summed E-state index contributed by atoms with van der Waals surface area (Å²) in [6.45, 7) is 6.32. The van der Waals surface area contributed by atoms with Crippen LogP contribution in [0.5, 0.6) is 0 Å². The summed E-state index contributed by atoms with van der Waals surface area (Å²) in [5.74, 6) is -0.0615. The van der Waals surface area contributed by atoms with Crippen LogP contribution in [0.4, 0.5) is 0 Å². The Morgan fingerprint density at radius 3 is 2.36 bits per heavy atom. The summed E-state index contributed by atoms with van der Waals surface area (Å²) in [7, 11) is -3.63. The Kier molecular flexibility index (Phi) is 4.56. The van der Waals surface area contributed by atoms with Crippen molar-refractivity contribution in [1.82, 2.24) is 4.31 Å². The number of Topliss-reactive ketones (excluding diaryl/α,β-unsaturated/α-hetero) is 1. The van der Waals surface area contributed by atoms with Crippen molar-refractivity contribution in [1.29, 1.82) is 0 Å². The molecular weight excluding hydrogens is 334 g/mol. The van der Waals surface area contributed by atoms with Crippen LogP contribution in [-0.2, 0) is 23.0 Å². The molecule has 1 aliphatic heterocycles. The van der Waals surface area contributed by atoms with Crippen molar-refractivity contribution in [3.05, 3.63) is 65.2 Å². The van der Waals surface area contributed by atoms with Gasteiger partial charge < -0.3 is 0 Å². The molecule has 1 aliphatic rings. The number of nitrogens with zero attached hydrogens (tertiary/aromatic N) is 1. The van der Waals surface area contributed by atoms with Crippen LogP contribution in [0.2, 0.25) is 0 Å². The molecule has 5 heteroatoms. The summed E-state index contributed by atoms with van der Waals surface area (Å²) in [5, 5.41) is 0. The minimum absolute atomic E-state index is 0.0615. The van der Waals surface area contributed by atoms with E-state index in [0.29, 0.717) is 25.1 Å². The highest BCUT2D eigenvalue weighted by atomic mass is 32.2. The Morgan fingerprint density at radius 1 is 1.00 bits per heavy atom. The van der Waals surface area contributed by atoms with Crippen molar-refractivity contribution >= 4 is 15.8 Å². The maximum Gasteiger partial charge on any atom is 0.243 e. The average molecular weight is 357 g/mol. The monoisotopic (exact) mass is 357 g/mol. The summed E-state index contributed by atoms with van der Waals surface area (Å²) < 4.78 is 27.6. The number of rotatable bonds is 3. The van der Waals surface area contributed by atoms with Crippen LogP contribution in [0.3, 0.4) is 0 Å². The van der Waals surface area contributed by atoms with E-state index in [1.165, 1.54) is 15.9 Å². The zero-order valence-corrected chi connectivity index (χ0v) is 15.6. The number of hydrogen-bond acceptors (Lipinski definition) is 3. The molecule has 0 aromatic heterocycles. The first-order valence-electron chi connectivity index (χ1n) is 8.41. The van der Waals surface area contributed by atoms with Crippen LogP contribution in [0.25, 0.3) is 0 Å². The molecule has 4 nitrogen and oxygen atoms in total. The highest BCUT2D eigenvalue weighted by Crippen LogP contribution is 2.27. The molecule has 0 radical (unpaired) electrons. The van der Waals surface area contributed by atoms with Gasteiger partial charge in [-0.3, -0.25) is 4.79 Å². The molecule has 2 aromatic carbocycles. The van der Waals surface area contributed by atoms with Gasteiger partial charge in [-0.2, -0.15) is 4.31 Å². The molecule has 0 atom stereocenters. The zero-order chi connectivity index (χ0) is 18.2. The summed E-state index contributed by atoms with van der Waals surface area (Å²) in [6.07, 6.45) is 0.704. The lowest BCUT2D eigenvalue weighted by Gasteiger charge is -2.28. The SMILES string of the molecule is CC(C)(C)C(=O)c1cccc(S(=O)(=O)N2CCc3ccccc3C2)c1. The molecule has 2 aromatic rings. The van der Waals surface area contributed by atoms with Crippen LogP contribution < -0.4 is 0 Å². The number of carbonyl (C=O) groups is 1. The van der Waals surface area contributed by atoms with Gasteiger partial charge in [0.1, 0.15) is 0 Å². The first-order valence-corrected chi connectivity index (χ1v) is 9.85. The fourth-order valence-electron chi connectivity index (χ4n) is 3.05. The van der Waals surface area contributed by atoms with Crippen LogP contribution >= 0.6 is 0 Å². The second-order valence-corrected chi connectivity index (χ2v) is 9.40. The summed E-state index contributed by atoms with van der Waals surface area (Å²) in [5.41, 5.74) is 2.13. The molecule has 0 bridgehead atoms. The average Bonchev–Trinajstić information content (AvgIpc) is 2.60. The third kappa shape index (κ3) is 3.53. The van der Waals surface area contributed by atoms with E-state index >= 15 is 0 Å². The van der Waals surface area contributed by atoms with Crippen molar-refractivity contribution in [3.8, 4) is 0 Å². The van der Waals surface area contributed by atoms with Gasteiger partial charge in [0.25, 0.3) is 0 Å². The van der Waals surface area contributed by atoms with Gasteiger partial charge in [-0.15, -0.1) is 0 Å². The van der Waals surface area contributed by atoms with E-state index in [1.807, 2.05) is 45.0 Å². The number of fused-ring (bicyclic) bond motifs is 1. The zero-order valence-electron chi connectivity index (χ0n) is 14.8. The van der Waals surface area contributed by atoms with Gasteiger partial charge in [-0.05, 0) is 29.7 Å². The van der Waals surface area contributed by atoms with Crippen molar-refractivity contribution < 1.29 is 13.2 Å². The van der Waals surface area contributed by atoms with E-state index in [4.69, 9.17) is 0 Å². The minimum Gasteiger partial charge on any atom is -0.294 e. The van der Waals surface area contributed by atoms with Crippen LogP contribution in [-0.4, -0.2) is 25.1 Å². The van der Waals surface area contributed by atoms with Gasteiger partial charge in [0, 0.05) is 24.1 Å². The lowest BCUT2D eigenvalue weighted by molar-refractivity contribution is 0.0858. The molecule has 25 heavy (non-hydrogen) atoms. The molecule has 0 spiro atoms. The number of hydrogen-bond donors (Lipinski definition) is 0.